The van der Waals surface area contributed by atoms with E-state index in [1.165, 1.54) is 37.8 Å². The Balaban J connectivity index is 2.90. The van der Waals surface area contributed by atoms with Crippen molar-refractivity contribution in [2.45, 2.75) is 80.2 Å². The molecule has 1 saturated heterocycles. The molecule has 0 aromatic heterocycles. The molecule has 1 heterocycles. The van der Waals surface area contributed by atoms with Gasteiger partial charge < -0.3 is 5.32 Å². The highest BCUT2D eigenvalue weighted by molar-refractivity contribution is 5.16. The van der Waals surface area contributed by atoms with Gasteiger partial charge >= 0.3 is 0 Å². The molecule has 0 aromatic rings. The summed E-state index contributed by atoms with van der Waals surface area (Å²) >= 11 is 0. The Bertz CT molecular complexity index is 312. The number of allylic oxidation sites excluding steroid dienone is 1. The van der Waals surface area contributed by atoms with Crippen LogP contribution >= 0.6 is 0 Å². The van der Waals surface area contributed by atoms with Crippen molar-refractivity contribution in [1.29, 1.82) is 0 Å². The van der Waals surface area contributed by atoms with E-state index in [-0.39, 0.29) is 10.8 Å². The molecule has 1 fully saturated rings. The topological polar surface area (TPSA) is 21.9 Å². The lowest BCUT2D eigenvalue weighted by molar-refractivity contribution is 0.0650. The Morgan fingerprint density at radius 2 is 1.68 bits per heavy atom. The molecule has 19 heavy (non-hydrogen) atoms. The van der Waals surface area contributed by atoms with Crippen molar-refractivity contribution in [3.8, 4) is 0 Å². The van der Waals surface area contributed by atoms with E-state index in [1.807, 2.05) is 0 Å². The maximum absolute atomic E-state index is 4.52. The molecule has 0 bridgehead atoms. The van der Waals surface area contributed by atoms with Gasteiger partial charge in [0.15, 0.2) is 0 Å². The molecule has 1 aliphatic rings. The van der Waals surface area contributed by atoms with E-state index in [2.05, 4.69) is 60.4 Å². The fourth-order valence-electron chi connectivity index (χ4n) is 3.61. The fourth-order valence-corrected chi connectivity index (χ4v) is 3.61. The zero-order chi connectivity index (χ0) is 14.9. The minimum absolute atomic E-state index is 0.264. The first-order chi connectivity index (χ1) is 8.52. The fraction of sp³-hybridized carbons (Fsp3) is 0.889. The molecule has 0 radical (unpaired) electrons. The highest BCUT2D eigenvalue weighted by Gasteiger charge is 2.44. The van der Waals surface area contributed by atoms with E-state index in [4.69, 9.17) is 0 Å². The Kier molecular flexibility index (Phi) is 4.93. The van der Waals surface area contributed by atoms with Crippen molar-refractivity contribution in [2.75, 3.05) is 6.54 Å². The van der Waals surface area contributed by atoms with Crippen molar-refractivity contribution in [1.82, 2.24) is 5.32 Å². The first-order valence-electron chi connectivity index (χ1n) is 7.93. The van der Waals surface area contributed by atoms with Gasteiger partial charge in [-0.2, -0.15) is 0 Å². The highest BCUT2D eigenvalue weighted by Crippen LogP contribution is 2.54. The third-order valence-electron chi connectivity index (χ3n) is 4.84. The van der Waals surface area contributed by atoms with Crippen LogP contribution in [0.4, 0.5) is 0 Å². The van der Waals surface area contributed by atoms with Crippen LogP contribution in [0.3, 0.4) is 0 Å². The molecular weight excluding hydrogens is 230 g/mol. The van der Waals surface area contributed by atoms with Gasteiger partial charge in [0.2, 0.25) is 0 Å². The largest absolute Gasteiger partial charge is 0.311 e. The van der Waals surface area contributed by atoms with Crippen molar-refractivity contribution < 1.29 is 0 Å². The first kappa shape index (κ1) is 16.8. The van der Waals surface area contributed by atoms with E-state index in [9.17, 15) is 0 Å². The predicted octanol–water partition coefficient (Wildman–Crippen LogP) is 5.17. The summed E-state index contributed by atoms with van der Waals surface area (Å²) in [5.41, 5.74) is 2.37. The predicted molar refractivity (Wildman–Crippen MR) is 86.4 cm³/mol. The SMILES string of the molecule is C=C(CCC1CN1)C(CC)(CC(C)(C)C)C(C)(C)C. The molecule has 1 aliphatic heterocycles. The summed E-state index contributed by atoms with van der Waals surface area (Å²) in [6, 6.07) is 0.765. The molecule has 1 rings (SSSR count). The minimum atomic E-state index is 0.264. The van der Waals surface area contributed by atoms with Gasteiger partial charge in [0.05, 0.1) is 0 Å². The van der Waals surface area contributed by atoms with E-state index >= 15 is 0 Å². The third-order valence-corrected chi connectivity index (χ3v) is 4.84. The Hall–Kier alpha value is -0.300. The Labute approximate surface area is 121 Å². The average Bonchev–Trinajstić information content (AvgIpc) is 3.03. The van der Waals surface area contributed by atoms with Gasteiger partial charge in [-0.3, -0.25) is 0 Å². The van der Waals surface area contributed by atoms with Gasteiger partial charge in [0, 0.05) is 12.6 Å². The van der Waals surface area contributed by atoms with E-state index in [0.717, 1.165) is 6.04 Å². The van der Waals surface area contributed by atoms with Gasteiger partial charge in [-0.05, 0) is 41.9 Å². The molecular formula is C18H35N. The highest BCUT2D eigenvalue weighted by atomic mass is 15.1. The Morgan fingerprint density at radius 3 is 2.00 bits per heavy atom. The number of hydrogen-bond donors (Lipinski definition) is 1. The second kappa shape index (κ2) is 5.60. The smallest absolute Gasteiger partial charge is 0.0196 e. The first-order valence-corrected chi connectivity index (χ1v) is 7.93. The molecule has 0 saturated carbocycles. The molecule has 0 amide bonds. The van der Waals surface area contributed by atoms with Crippen LogP contribution in [-0.4, -0.2) is 12.6 Å². The summed E-state index contributed by atoms with van der Waals surface area (Å²) in [6.07, 6.45) is 4.88. The van der Waals surface area contributed by atoms with E-state index in [1.54, 1.807) is 0 Å². The lowest BCUT2D eigenvalue weighted by atomic mass is 9.55. The van der Waals surface area contributed by atoms with Crippen LogP contribution in [0.2, 0.25) is 0 Å². The summed E-state index contributed by atoms with van der Waals surface area (Å²) in [6.45, 7) is 22.3. The standard InChI is InChI=1S/C18H35N/c1-9-18(17(6,7)8,13-16(3,4)5)14(2)10-11-15-12-19-15/h15,19H,2,9-13H2,1,3-8H3. The van der Waals surface area contributed by atoms with Gasteiger partial charge in [-0.15, -0.1) is 0 Å². The van der Waals surface area contributed by atoms with Gasteiger partial charge in [0.25, 0.3) is 0 Å². The van der Waals surface area contributed by atoms with Gasteiger partial charge in [-0.25, -0.2) is 0 Å². The second-order valence-electron chi connectivity index (χ2n) is 8.67. The van der Waals surface area contributed by atoms with Crippen LogP contribution in [0.5, 0.6) is 0 Å². The van der Waals surface area contributed by atoms with E-state index < -0.39 is 0 Å². The summed E-state index contributed by atoms with van der Waals surface area (Å²) in [5.74, 6) is 0. The van der Waals surface area contributed by atoms with Gasteiger partial charge in [-0.1, -0.05) is 60.6 Å². The molecule has 1 heteroatoms. The molecule has 1 N–H and O–H groups in total. The third kappa shape index (κ3) is 4.34. The minimum Gasteiger partial charge on any atom is -0.311 e. The maximum Gasteiger partial charge on any atom is 0.0196 e. The summed E-state index contributed by atoms with van der Waals surface area (Å²) in [5, 5.41) is 3.41. The monoisotopic (exact) mass is 265 g/mol. The molecule has 112 valence electrons. The molecule has 2 atom stereocenters. The van der Waals surface area contributed by atoms with Crippen molar-refractivity contribution in [3.63, 3.8) is 0 Å². The van der Waals surface area contributed by atoms with Crippen LogP contribution in [0.25, 0.3) is 0 Å². The number of rotatable bonds is 6. The molecule has 0 aliphatic carbocycles. The van der Waals surface area contributed by atoms with E-state index in [0.29, 0.717) is 5.41 Å². The quantitative estimate of drug-likeness (QED) is 0.519. The van der Waals surface area contributed by atoms with Crippen LogP contribution in [0.1, 0.15) is 74.1 Å². The second-order valence-corrected chi connectivity index (χ2v) is 8.67. The van der Waals surface area contributed by atoms with Gasteiger partial charge in [0.1, 0.15) is 0 Å². The molecule has 0 aromatic carbocycles. The van der Waals surface area contributed by atoms with Crippen molar-refractivity contribution in [3.05, 3.63) is 12.2 Å². The molecule has 2 unspecified atom stereocenters. The Morgan fingerprint density at radius 1 is 1.16 bits per heavy atom. The van der Waals surface area contributed by atoms with Crippen molar-refractivity contribution in [2.24, 2.45) is 16.2 Å². The zero-order valence-electron chi connectivity index (χ0n) is 14.3. The summed E-state index contributed by atoms with van der Waals surface area (Å²) < 4.78 is 0. The zero-order valence-corrected chi connectivity index (χ0v) is 14.3. The molecule has 0 spiro atoms. The van der Waals surface area contributed by atoms with Crippen molar-refractivity contribution >= 4 is 0 Å². The summed E-state index contributed by atoms with van der Waals surface area (Å²) in [4.78, 5) is 0. The average molecular weight is 265 g/mol. The van der Waals surface area contributed by atoms with Crippen LogP contribution in [0, 0.1) is 16.2 Å². The number of hydrogen-bond acceptors (Lipinski definition) is 1. The van der Waals surface area contributed by atoms with Crippen LogP contribution < -0.4 is 5.32 Å². The molecule has 1 nitrogen and oxygen atoms in total. The van der Waals surface area contributed by atoms with Crippen LogP contribution in [-0.2, 0) is 0 Å². The van der Waals surface area contributed by atoms with Crippen LogP contribution in [0.15, 0.2) is 12.2 Å². The lowest BCUT2D eigenvalue weighted by Crippen LogP contribution is -2.40. The number of nitrogens with one attached hydrogen (secondary N) is 1. The summed E-state index contributed by atoms with van der Waals surface area (Å²) in [7, 11) is 0. The normalized spacial score (nSPS) is 23.0. The lowest BCUT2D eigenvalue weighted by Gasteiger charge is -2.50. The maximum atomic E-state index is 4.52.